The van der Waals surface area contributed by atoms with Gasteiger partial charge in [0.1, 0.15) is 0 Å². The number of carbonyl (C=O) groups is 2. The molecule has 2 amide bonds. The second kappa shape index (κ2) is 19.2. The van der Waals surface area contributed by atoms with E-state index in [-0.39, 0.29) is 29.4 Å². The molecule has 0 bridgehead atoms. The van der Waals surface area contributed by atoms with Crippen molar-refractivity contribution < 1.29 is 19.8 Å². The lowest BCUT2D eigenvalue weighted by Crippen LogP contribution is -2.59. The van der Waals surface area contributed by atoms with Crippen molar-refractivity contribution in [3.05, 3.63) is 177 Å². The number of imidazole rings is 2. The third-order valence-electron chi connectivity index (χ3n) is 12.5. The van der Waals surface area contributed by atoms with Gasteiger partial charge in [0.05, 0.1) is 28.2 Å². The number of para-hydroxylation sites is 4. The summed E-state index contributed by atoms with van der Waals surface area (Å²) in [7, 11) is 0. The quantitative estimate of drug-likeness (QED) is 0.102. The number of benzene rings is 5. The molecule has 320 valence electrons. The van der Waals surface area contributed by atoms with Crippen LogP contribution in [-0.2, 0) is 19.5 Å². The highest BCUT2D eigenvalue weighted by Gasteiger charge is 2.44. The largest absolute Gasteiger partial charge is 0.465 e. The van der Waals surface area contributed by atoms with E-state index in [2.05, 4.69) is 63.4 Å². The van der Waals surface area contributed by atoms with Gasteiger partial charge < -0.3 is 25.1 Å². The number of fused-ring (bicyclic) bond motifs is 2. The van der Waals surface area contributed by atoms with E-state index in [0.29, 0.717) is 52.0 Å². The molecular weight excluding hydrogens is 783 g/mol. The second-order valence-corrected chi connectivity index (χ2v) is 16.3. The zero-order chi connectivity index (χ0) is 43.0. The van der Waals surface area contributed by atoms with Crippen molar-refractivity contribution in [3.8, 4) is 0 Å². The molecule has 2 fully saturated rings. The van der Waals surface area contributed by atoms with Crippen LogP contribution in [0.5, 0.6) is 0 Å². The van der Waals surface area contributed by atoms with Gasteiger partial charge in [-0.3, -0.25) is 18.9 Å². The summed E-state index contributed by atoms with van der Waals surface area (Å²) in [4.78, 5) is 60.5. The maximum Gasteiger partial charge on any atom is 0.408 e. The molecule has 4 heterocycles. The maximum absolute atomic E-state index is 13.5. The predicted octanol–water partition coefficient (Wildman–Crippen LogP) is 8.57. The monoisotopic (exact) mass is 835 g/mol. The molecule has 5 aromatic carbocycles. The lowest BCUT2D eigenvalue weighted by atomic mass is 9.83. The van der Waals surface area contributed by atoms with Crippen molar-refractivity contribution in [2.45, 2.75) is 69.9 Å². The fraction of sp³-hybridized carbons (Fsp3) is 0.306. The zero-order valence-electron chi connectivity index (χ0n) is 34.6. The first kappa shape index (κ1) is 41.9. The van der Waals surface area contributed by atoms with E-state index < -0.39 is 18.4 Å². The minimum absolute atomic E-state index is 0.0687. The minimum Gasteiger partial charge on any atom is -0.465 e. The number of aromatic amines is 2. The highest BCUT2D eigenvalue weighted by atomic mass is 16.4. The SMILES string of the molecule is O=C(O)N1CCC(n2c(=O)[nH]c3ccccc32)C(CCCc2ccccc2)[C@H]1N(Cc1ccccc1)Cc1ccccc1.O=C(O)N1CCC(n2c(=O)[nH]c3ccccc32)CC1. The lowest BCUT2D eigenvalue weighted by Gasteiger charge is -2.49. The molecule has 2 aliphatic heterocycles. The average molecular weight is 836 g/mol. The number of aromatic nitrogens is 4. The van der Waals surface area contributed by atoms with Crippen molar-refractivity contribution in [1.29, 1.82) is 0 Å². The fourth-order valence-electron chi connectivity index (χ4n) is 9.61. The van der Waals surface area contributed by atoms with Crippen LogP contribution in [0.2, 0.25) is 0 Å². The molecule has 9 rings (SSSR count). The number of amides is 2. The molecule has 0 aliphatic carbocycles. The molecule has 2 saturated heterocycles. The van der Waals surface area contributed by atoms with Crippen LogP contribution >= 0.6 is 0 Å². The zero-order valence-corrected chi connectivity index (χ0v) is 34.6. The number of carboxylic acid groups (broad SMARTS) is 2. The smallest absolute Gasteiger partial charge is 0.408 e. The number of likely N-dealkylation sites (tertiary alicyclic amines) is 2. The predicted molar refractivity (Wildman–Crippen MR) is 240 cm³/mol. The van der Waals surface area contributed by atoms with E-state index in [1.165, 1.54) is 10.5 Å². The van der Waals surface area contributed by atoms with Gasteiger partial charge in [-0.25, -0.2) is 19.2 Å². The fourth-order valence-corrected chi connectivity index (χ4v) is 9.61. The summed E-state index contributed by atoms with van der Waals surface area (Å²) in [6.45, 7) is 2.49. The number of rotatable bonds is 11. The van der Waals surface area contributed by atoms with Gasteiger partial charge in [-0.15, -0.1) is 0 Å². The van der Waals surface area contributed by atoms with Gasteiger partial charge in [-0.1, -0.05) is 115 Å². The summed E-state index contributed by atoms with van der Waals surface area (Å²) >= 11 is 0. The number of nitrogens with one attached hydrogen (secondary N) is 2. The van der Waals surface area contributed by atoms with Gasteiger partial charge in [0.25, 0.3) is 0 Å². The molecule has 13 heteroatoms. The van der Waals surface area contributed by atoms with E-state index in [1.54, 1.807) is 9.47 Å². The van der Waals surface area contributed by atoms with Crippen molar-refractivity contribution in [2.75, 3.05) is 19.6 Å². The first-order valence-electron chi connectivity index (χ1n) is 21.5. The third-order valence-corrected chi connectivity index (χ3v) is 12.5. The number of hydrogen-bond acceptors (Lipinski definition) is 5. The molecule has 2 aromatic heterocycles. The Morgan fingerprint density at radius 3 is 1.60 bits per heavy atom. The van der Waals surface area contributed by atoms with Crippen LogP contribution in [0, 0.1) is 5.92 Å². The van der Waals surface area contributed by atoms with Gasteiger partial charge in [-0.2, -0.15) is 0 Å². The Hall–Kier alpha value is -6.86. The van der Waals surface area contributed by atoms with Crippen LogP contribution in [0.15, 0.2) is 149 Å². The van der Waals surface area contributed by atoms with Crippen molar-refractivity contribution >= 4 is 34.3 Å². The molecule has 0 spiro atoms. The normalized spacial score (nSPS) is 18.2. The van der Waals surface area contributed by atoms with Crippen molar-refractivity contribution in [1.82, 2.24) is 33.8 Å². The Labute approximate surface area is 359 Å². The first-order chi connectivity index (χ1) is 30.2. The van der Waals surface area contributed by atoms with Crippen LogP contribution in [-0.4, -0.2) is 82.0 Å². The number of hydrogen-bond donors (Lipinski definition) is 4. The molecular formula is C49H53N7O6. The van der Waals surface area contributed by atoms with E-state index in [1.807, 2.05) is 95.6 Å². The minimum atomic E-state index is -0.922. The Bertz CT molecular complexity index is 2640. The Morgan fingerprint density at radius 2 is 1.06 bits per heavy atom. The first-order valence-corrected chi connectivity index (χ1v) is 21.5. The highest BCUT2D eigenvalue weighted by Crippen LogP contribution is 2.40. The molecule has 4 N–H and O–H groups in total. The summed E-state index contributed by atoms with van der Waals surface area (Å²) in [5.74, 6) is -0.113. The summed E-state index contributed by atoms with van der Waals surface area (Å²) in [6, 6.07) is 46.2. The van der Waals surface area contributed by atoms with Crippen LogP contribution in [0.1, 0.15) is 60.9 Å². The molecule has 7 aromatic rings. The van der Waals surface area contributed by atoms with Gasteiger partial charge in [0.2, 0.25) is 0 Å². The van der Waals surface area contributed by atoms with Gasteiger partial charge in [0, 0.05) is 50.7 Å². The number of nitrogens with zero attached hydrogens (tertiary/aromatic N) is 5. The molecule has 62 heavy (non-hydrogen) atoms. The molecule has 3 atom stereocenters. The number of piperidine rings is 2. The summed E-state index contributed by atoms with van der Waals surface area (Å²) < 4.78 is 3.66. The lowest BCUT2D eigenvalue weighted by molar-refractivity contribution is -0.0491. The second-order valence-electron chi connectivity index (χ2n) is 16.3. The number of aryl methyl sites for hydroxylation is 1. The molecule has 2 unspecified atom stereocenters. The average Bonchev–Trinajstić information content (AvgIpc) is 3.82. The standard InChI is InChI=1S/C36H38N4O3.C13H15N3O3/c41-35-37-31-21-10-11-22-33(31)40(35)32-23-24-39(36(42)43)34(30(32)20-12-19-27-13-4-1-5-14-27)38(25-28-15-6-2-7-16-28)26-29-17-8-3-9-18-29;17-12-14-10-3-1-2-4-11(10)16(12)9-5-7-15(8-6-9)13(18)19/h1-11,13-18,21-22,30,32,34H,12,19-20,23-26H2,(H,37,41)(H,42,43);1-4,9H,5-8H2,(H,14,17)(H,18,19)/t30?,32?,34-;/m0./s1. The third kappa shape index (κ3) is 9.37. The summed E-state index contributed by atoms with van der Waals surface area (Å²) in [5.41, 5.74) is 6.64. The Balaban J connectivity index is 0.000000231. The van der Waals surface area contributed by atoms with E-state index >= 15 is 0 Å². The molecule has 0 saturated carbocycles. The van der Waals surface area contributed by atoms with Crippen LogP contribution in [0.3, 0.4) is 0 Å². The summed E-state index contributed by atoms with van der Waals surface area (Å²) in [6.07, 6.45) is 2.25. The van der Waals surface area contributed by atoms with Gasteiger partial charge >= 0.3 is 23.6 Å². The summed E-state index contributed by atoms with van der Waals surface area (Å²) in [5, 5.41) is 19.5. The van der Waals surface area contributed by atoms with Crippen LogP contribution in [0.4, 0.5) is 9.59 Å². The molecule has 2 aliphatic rings. The maximum atomic E-state index is 13.5. The van der Waals surface area contributed by atoms with E-state index in [9.17, 15) is 24.3 Å². The Morgan fingerprint density at radius 1 is 0.581 bits per heavy atom. The molecule has 0 radical (unpaired) electrons. The van der Waals surface area contributed by atoms with Gasteiger partial charge in [-0.05, 0) is 79.5 Å². The van der Waals surface area contributed by atoms with E-state index in [0.717, 1.165) is 52.5 Å². The van der Waals surface area contributed by atoms with Gasteiger partial charge in [0.15, 0.2) is 0 Å². The van der Waals surface area contributed by atoms with E-state index in [4.69, 9.17) is 5.11 Å². The highest BCUT2D eigenvalue weighted by molar-refractivity contribution is 5.76. The number of H-pyrrole nitrogens is 2. The van der Waals surface area contributed by atoms with Crippen LogP contribution < -0.4 is 11.4 Å². The van der Waals surface area contributed by atoms with Crippen molar-refractivity contribution in [2.24, 2.45) is 5.92 Å². The Kier molecular flexibility index (Phi) is 13.0. The van der Waals surface area contributed by atoms with Crippen LogP contribution in [0.25, 0.3) is 22.1 Å². The topological polar surface area (TPSA) is 160 Å². The van der Waals surface area contributed by atoms with Crippen molar-refractivity contribution in [3.63, 3.8) is 0 Å². The molecule has 13 nitrogen and oxygen atoms in total.